The van der Waals surface area contributed by atoms with Crippen molar-refractivity contribution in [2.75, 3.05) is 6.54 Å². The van der Waals surface area contributed by atoms with Crippen LogP contribution in [-0.2, 0) is 6.42 Å². The maximum Gasteiger partial charge on any atom is 0.0931 e. The van der Waals surface area contributed by atoms with Crippen LogP contribution in [0.5, 0.6) is 0 Å². The molecule has 1 aromatic heterocycles. The fourth-order valence-corrected chi connectivity index (χ4v) is 2.62. The second kappa shape index (κ2) is 5.96. The highest BCUT2D eigenvalue weighted by Gasteiger charge is 2.25. The van der Waals surface area contributed by atoms with E-state index in [1.807, 2.05) is 0 Å². The van der Waals surface area contributed by atoms with Gasteiger partial charge in [0.25, 0.3) is 0 Å². The molecule has 1 heterocycles. The van der Waals surface area contributed by atoms with Crippen molar-refractivity contribution in [2.45, 2.75) is 54.0 Å². The Hall–Kier alpha value is -0.410. The molecule has 1 N–H and O–H groups in total. The number of nitrogens with zero attached hydrogens (tertiary/aromatic N) is 1. The summed E-state index contributed by atoms with van der Waals surface area (Å²) in [6.07, 6.45) is 1.09. The smallest absolute Gasteiger partial charge is 0.0931 e. The Balaban J connectivity index is 2.64. The van der Waals surface area contributed by atoms with Gasteiger partial charge in [-0.3, -0.25) is 0 Å². The zero-order valence-electron chi connectivity index (χ0n) is 12.0. The summed E-state index contributed by atoms with van der Waals surface area (Å²) in [5, 5.41) is 6.97. The first-order valence-electron chi connectivity index (χ1n) is 6.43. The van der Waals surface area contributed by atoms with Crippen LogP contribution in [0.2, 0.25) is 0 Å². The maximum absolute atomic E-state index is 4.58. The zero-order valence-corrected chi connectivity index (χ0v) is 12.8. The minimum absolute atomic E-state index is 0.321. The van der Waals surface area contributed by atoms with Crippen LogP contribution in [0.4, 0.5) is 0 Å². The first-order valence-corrected chi connectivity index (χ1v) is 7.31. The fourth-order valence-electron chi connectivity index (χ4n) is 1.77. The number of nitrogens with one attached hydrogen (secondary N) is 1. The highest BCUT2D eigenvalue weighted by atomic mass is 32.1. The summed E-state index contributed by atoms with van der Waals surface area (Å²) < 4.78 is 0. The highest BCUT2D eigenvalue weighted by molar-refractivity contribution is 7.09. The summed E-state index contributed by atoms with van der Waals surface area (Å²) in [4.78, 5) is 4.58. The van der Waals surface area contributed by atoms with Crippen LogP contribution in [0.15, 0.2) is 5.38 Å². The summed E-state index contributed by atoms with van der Waals surface area (Å²) in [5.41, 5.74) is 1.47. The molecule has 0 bridgehead atoms. The minimum Gasteiger partial charge on any atom is -0.314 e. The molecule has 0 radical (unpaired) electrons. The van der Waals surface area contributed by atoms with Crippen molar-refractivity contribution >= 4 is 11.3 Å². The SMILES string of the molecule is Cc1csc(CC(CNC(C)C)C(C)(C)C)n1. The highest BCUT2D eigenvalue weighted by Crippen LogP contribution is 2.29. The van der Waals surface area contributed by atoms with E-state index in [-0.39, 0.29) is 0 Å². The lowest BCUT2D eigenvalue weighted by Crippen LogP contribution is -2.36. The molecule has 0 aliphatic carbocycles. The van der Waals surface area contributed by atoms with Crippen LogP contribution in [0.3, 0.4) is 0 Å². The van der Waals surface area contributed by atoms with E-state index in [4.69, 9.17) is 0 Å². The summed E-state index contributed by atoms with van der Waals surface area (Å²) in [6.45, 7) is 14.5. The van der Waals surface area contributed by atoms with E-state index in [1.54, 1.807) is 11.3 Å². The van der Waals surface area contributed by atoms with Gasteiger partial charge in [-0.15, -0.1) is 11.3 Å². The Labute approximate surface area is 110 Å². The number of aromatic nitrogens is 1. The van der Waals surface area contributed by atoms with Crippen molar-refractivity contribution in [3.63, 3.8) is 0 Å². The lowest BCUT2D eigenvalue weighted by atomic mass is 9.78. The summed E-state index contributed by atoms with van der Waals surface area (Å²) in [5.74, 6) is 0.635. The predicted octanol–water partition coefficient (Wildman–Crippen LogP) is 3.65. The quantitative estimate of drug-likeness (QED) is 0.867. The third kappa shape index (κ3) is 5.17. The van der Waals surface area contributed by atoms with Gasteiger partial charge in [-0.1, -0.05) is 34.6 Å². The van der Waals surface area contributed by atoms with Gasteiger partial charge in [0, 0.05) is 23.5 Å². The van der Waals surface area contributed by atoms with E-state index in [1.165, 1.54) is 5.01 Å². The Morgan fingerprint density at radius 1 is 1.35 bits per heavy atom. The number of rotatable bonds is 5. The normalized spacial score (nSPS) is 14.3. The van der Waals surface area contributed by atoms with Crippen molar-refractivity contribution < 1.29 is 0 Å². The molecule has 98 valence electrons. The van der Waals surface area contributed by atoms with Gasteiger partial charge in [-0.05, 0) is 24.8 Å². The second-order valence-corrected chi connectivity index (χ2v) is 7.16. The molecular formula is C14H26N2S. The molecule has 2 nitrogen and oxygen atoms in total. The Morgan fingerprint density at radius 3 is 2.41 bits per heavy atom. The molecule has 0 spiro atoms. The first kappa shape index (κ1) is 14.7. The summed E-state index contributed by atoms with van der Waals surface area (Å²) in [6, 6.07) is 0.554. The van der Waals surface area contributed by atoms with E-state index in [9.17, 15) is 0 Å². The molecule has 17 heavy (non-hydrogen) atoms. The van der Waals surface area contributed by atoms with Gasteiger partial charge in [0.1, 0.15) is 0 Å². The Kier molecular flexibility index (Phi) is 5.14. The minimum atomic E-state index is 0.321. The van der Waals surface area contributed by atoms with Crippen LogP contribution in [0, 0.1) is 18.3 Å². The summed E-state index contributed by atoms with van der Waals surface area (Å²) >= 11 is 1.79. The van der Waals surface area contributed by atoms with E-state index < -0.39 is 0 Å². The molecular weight excluding hydrogens is 228 g/mol. The molecule has 1 rings (SSSR count). The van der Waals surface area contributed by atoms with Crippen LogP contribution in [-0.4, -0.2) is 17.6 Å². The molecule has 0 aromatic carbocycles. The lowest BCUT2D eigenvalue weighted by molar-refractivity contribution is 0.226. The Bertz CT molecular complexity index is 336. The lowest BCUT2D eigenvalue weighted by Gasteiger charge is -2.31. The van der Waals surface area contributed by atoms with E-state index in [0.717, 1.165) is 18.7 Å². The van der Waals surface area contributed by atoms with Crippen LogP contribution < -0.4 is 5.32 Å². The van der Waals surface area contributed by atoms with E-state index in [2.05, 4.69) is 57.2 Å². The molecule has 0 saturated carbocycles. The topological polar surface area (TPSA) is 24.9 Å². The first-order chi connectivity index (χ1) is 7.79. The van der Waals surface area contributed by atoms with Gasteiger partial charge in [-0.2, -0.15) is 0 Å². The maximum atomic E-state index is 4.58. The van der Waals surface area contributed by atoms with Crippen molar-refractivity contribution in [1.29, 1.82) is 0 Å². The second-order valence-electron chi connectivity index (χ2n) is 6.21. The van der Waals surface area contributed by atoms with Crippen LogP contribution in [0.1, 0.15) is 45.3 Å². The molecule has 0 fully saturated rings. The number of thiazole rings is 1. The number of hydrogen-bond acceptors (Lipinski definition) is 3. The zero-order chi connectivity index (χ0) is 13.1. The molecule has 1 atom stereocenters. The van der Waals surface area contributed by atoms with Gasteiger partial charge in [0.05, 0.1) is 5.01 Å². The van der Waals surface area contributed by atoms with Gasteiger partial charge in [0.2, 0.25) is 0 Å². The molecule has 0 aliphatic rings. The molecule has 1 unspecified atom stereocenters. The van der Waals surface area contributed by atoms with Crippen LogP contribution in [0.25, 0.3) is 0 Å². The summed E-state index contributed by atoms with van der Waals surface area (Å²) in [7, 11) is 0. The average molecular weight is 254 g/mol. The standard InChI is InChI=1S/C14H26N2S/c1-10(2)15-8-12(14(4,5)6)7-13-16-11(3)9-17-13/h9-10,12,15H,7-8H2,1-6H3. The number of hydrogen-bond donors (Lipinski definition) is 1. The van der Waals surface area contributed by atoms with Gasteiger partial charge in [-0.25, -0.2) is 4.98 Å². The predicted molar refractivity (Wildman–Crippen MR) is 76.6 cm³/mol. The van der Waals surface area contributed by atoms with Crippen molar-refractivity contribution in [1.82, 2.24) is 10.3 Å². The molecule has 3 heteroatoms. The van der Waals surface area contributed by atoms with Crippen LogP contribution >= 0.6 is 11.3 Å². The average Bonchev–Trinajstić information content (AvgIpc) is 2.56. The number of aryl methyl sites for hydroxylation is 1. The van der Waals surface area contributed by atoms with Crippen molar-refractivity contribution in [3.8, 4) is 0 Å². The van der Waals surface area contributed by atoms with E-state index in [0.29, 0.717) is 17.4 Å². The van der Waals surface area contributed by atoms with Crippen molar-refractivity contribution in [3.05, 3.63) is 16.1 Å². The van der Waals surface area contributed by atoms with Crippen molar-refractivity contribution in [2.24, 2.45) is 11.3 Å². The molecule has 0 amide bonds. The third-order valence-electron chi connectivity index (χ3n) is 3.08. The monoisotopic (exact) mass is 254 g/mol. The molecule has 0 aliphatic heterocycles. The third-order valence-corrected chi connectivity index (χ3v) is 4.07. The fraction of sp³-hybridized carbons (Fsp3) is 0.786. The largest absolute Gasteiger partial charge is 0.314 e. The van der Waals surface area contributed by atoms with E-state index >= 15 is 0 Å². The van der Waals surface area contributed by atoms with Gasteiger partial charge < -0.3 is 5.32 Å². The van der Waals surface area contributed by atoms with Gasteiger partial charge >= 0.3 is 0 Å². The molecule has 0 saturated heterocycles. The molecule has 1 aromatic rings. The van der Waals surface area contributed by atoms with Gasteiger partial charge in [0.15, 0.2) is 0 Å². The Morgan fingerprint density at radius 2 is 2.00 bits per heavy atom.